The van der Waals surface area contributed by atoms with Crippen molar-refractivity contribution in [2.75, 3.05) is 32.2 Å². The van der Waals surface area contributed by atoms with Gasteiger partial charge in [-0.05, 0) is 64.7 Å². The molecule has 0 spiro atoms. The summed E-state index contributed by atoms with van der Waals surface area (Å²) >= 11 is 0. The van der Waals surface area contributed by atoms with Crippen molar-refractivity contribution in [3.8, 4) is 0 Å². The summed E-state index contributed by atoms with van der Waals surface area (Å²) in [5, 5.41) is 10.4. The van der Waals surface area contributed by atoms with Gasteiger partial charge in [0.05, 0.1) is 12.1 Å². The first-order valence-electron chi connectivity index (χ1n) is 15.2. The van der Waals surface area contributed by atoms with Gasteiger partial charge in [-0.1, -0.05) is 12.8 Å². The summed E-state index contributed by atoms with van der Waals surface area (Å²) < 4.78 is 7.62. The molecule has 14 nitrogen and oxygen atoms in total. The maximum atomic E-state index is 13.4. The molecule has 1 saturated carbocycles. The fourth-order valence-corrected chi connectivity index (χ4v) is 6.55. The first-order valence-corrected chi connectivity index (χ1v) is 15.2. The van der Waals surface area contributed by atoms with E-state index in [9.17, 15) is 14.4 Å². The Hall–Kier alpha value is -4.33. The van der Waals surface area contributed by atoms with Gasteiger partial charge in [-0.15, -0.1) is 10.2 Å². The van der Waals surface area contributed by atoms with Gasteiger partial charge in [-0.25, -0.2) is 20.6 Å². The van der Waals surface area contributed by atoms with E-state index in [-0.39, 0.29) is 53.5 Å². The molecule has 1 aliphatic carbocycles. The Morgan fingerprint density at radius 1 is 0.977 bits per heavy atom. The number of nitrogens with zero attached hydrogens (tertiary/aromatic N) is 9. The van der Waals surface area contributed by atoms with E-state index in [1.54, 1.807) is 47.1 Å². The van der Waals surface area contributed by atoms with Crippen molar-refractivity contribution in [2.45, 2.75) is 83.0 Å². The van der Waals surface area contributed by atoms with Crippen molar-refractivity contribution >= 4 is 40.7 Å². The number of fused-ring (bicyclic) bond motifs is 3. The van der Waals surface area contributed by atoms with Gasteiger partial charge in [0.15, 0.2) is 11.5 Å². The standard InChI is InChI=1S/C30H40N10O4/c1-30(2,3)44-29(43)38-20-10-11-21(38)17-37(16-20)26(41)22-12-13-24(35-34-22)40(31)28-32-15-18-14-23(27(42)36(4)5)39(25(18)33-28)19-8-6-7-9-19/h12-15,19-21H,6-11,16-17,31H2,1-5H3. The molecule has 14 heteroatoms. The lowest BCUT2D eigenvalue weighted by atomic mass is 10.1. The highest BCUT2D eigenvalue weighted by Gasteiger charge is 2.45. The van der Waals surface area contributed by atoms with E-state index in [0.29, 0.717) is 24.4 Å². The predicted molar refractivity (Wildman–Crippen MR) is 162 cm³/mol. The molecule has 0 aromatic carbocycles. The minimum Gasteiger partial charge on any atom is -0.444 e. The summed E-state index contributed by atoms with van der Waals surface area (Å²) in [5.41, 5.74) is 0.825. The molecule has 2 aliphatic heterocycles. The van der Waals surface area contributed by atoms with Crippen molar-refractivity contribution in [1.29, 1.82) is 0 Å². The Morgan fingerprint density at radius 3 is 2.25 bits per heavy atom. The molecule has 3 amide bonds. The van der Waals surface area contributed by atoms with Crippen LogP contribution in [0.3, 0.4) is 0 Å². The highest BCUT2D eigenvalue weighted by Crippen LogP contribution is 2.35. The summed E-state index contributed by atoms with van der Waals surface area (Å²) in [4.78, 5) is 53.4. The maximum absolute atomic E-state index is 13.4. The summed E-state index contributed by atoms with van der Waals surface area (Å²) in [6.45, 7) is 6.36. The number of anilines is 2. The third-order valence-electron chi connectivity index (χ3n) is 8.58. The minimum absolute atomic E-state index is 0.0913. The first kappa shape index (κ1) is 29.7. The summed E-state index contributed by atoms with van der Waals surface area (Å²) in [6.07, 6.45) is 7.11. The van der Waals surface area contributed by atoms with Crippen molar-refractivity contribution in [3.63, 3.8) is 0 Å². The molecule has 2 unspecified atom stereocenters. The second-order valence-electron chi connectivity index (χ2n) is 13.1. The SMILES string of the molecule is CN(C)C(=O)c1cc2cnc(N(N)c3ccc(C(=O)N4CC5CCC(C4)N5C(=O)OC(C)(C)C)nn3)nc2n1C1CCCC1. The molecule has 234 valence electrons. The second-order valence-corrected chi connectivity index (χ2v) is 13.1. The van der Waals surface area contributed by atoms with Crippen LogP contribution in [-0.4, -0.2) is 102 Å². The van der Waals surface area contributed by atoms with Gasteiger partial charge in [0.2, 0.25) is 5.95 Å². The van der Waals surface area contributed by atoms with E-state index in [2.05, 4.69) is 15.2 Å². The number of hydrazine groups is 1. The number of hydrogen-bond donors (Lipinski definition) is 1. The summed E-state index contributed by atoms with van der Waals surface area (Å²) in [5.74, 6) is 6.52. The molecule has 2 atom stereocenters. The molecule has 5 heterocycles. The zero-order chi connectivity index (χ0) is 31.3. The highest BCUT2D eigenvalue weighted by atomic mass is 16.6. The second kappa shape index (κ2) is 11.3. The normalized spacial score (nSPS) is 20.3. The number of hydrogen-bond acceptors (Lipinski definition) is 10. The molecule has 3 aromatic heterocycles. The average Bonchev–Trinajstić information content (AvgIpc) is 3.71. The number of likely N-dealkylation sites (tertiary alicyclic amines) is 1. The van der Waals surface area contributed by atoms with E-state index in [4.69, 9.17) is 15.6 Å². The van der Waals surface area contributed by atoms with Crippen LogP contribution in [0, 0.1) is 0 Å². The van der Waals surface area contributed by atoms with Crippen LogP contribution in [0.4, 0.5) is 16.6 Å². The zero-order valence-electron chi connectivity index (χ0n) is 25.9. The van der Waals surface area contributed by atoms with Crippen LogP contribution in [0.2, 0.25) is 0 Å². The lowest BCUT2D eigenvalue weighted by Gasteiger charge is -2.41. The van der Waals surface area contributed by atoms with Crippen LogP contribution >= 0.6 is 0 Å². The Kier molecular flexibility index (Phi) is 7.64. The Labute approximate surface area is 256 Å². The van der Waals surface area contributed by atoms with E-state index in [1.165, 1.54) is 5.01 Å². The first-order chi connectivity index (χ1) is 20.9. The largest absolute Gasteiger partial charge is 0.444 e. The van der Waals surface area contributed by atoms with Crippen molar-refractivity contribution in [3.05, 3.63) is 35.8 Å². The highest BCUT2D eigenvalue weighted by molar-refractivity contribution is 5.98. The lowest BCUT2D eigenvalue weighted by molar-refractivity contribution is -0.00346. The number of amides is 3. The molecule has 2 N–H and O–H groups in total. The maximum Gasteiger partial charge on any atom is 0.410 e. The molecule has 2 bridgehead atoms. The minimum atomic E-state index is -0.581. The molecule has 3 aliphatic rings. The van der Waals surface area contributed by atoms with Crippen LogP contribution in [0.25, 0.3) is 11.0 Å². The van der Waals surface area contributed by atoms with Gasteiger partial charge in [-0.3, -0.25) is 14.5 Å². The Bertz CT molecular complexity index is 1560. The molecule has 6 rings (SSSR count). The van der Waals surface area contributed by atoms with E-state index < -0.39 is 5.60 Å². The number of ether oxygens (including phenoxy) is 1. The van der Waals surface area contributed by atoms with Crippen molar-refractivity contribution in [1.82, 2.24) is 39.4 Å². The number of aromatic nitrogens is 5. The molecule has 44 heavy (non-hydrogen) atoms. The fourth-order valence-electron chi connectivity index (χ4n) is 6.55. The van der Waals surface area contributed by atoms with Crippen LogP contribution in [-0.2, 0) is 4.74 Å². The van der Waals surface area contributed by atoms with E-state index >= 15 is 0 Å². The Morgan fingerprint density at radius 2 is 1.66 bits per heavy atom. The lowest BCUT2D eigenvalue weighted by Crippen LogP contribution is -2.58. The van der Waals surface area contributed by atoms with Gasteiger partial charge in [0.25, 0.3) is 11.8 Å². The Balaban J connectivity index is 1.19. The monoisotopic (exact) mass is 604 g/mol. The molecule has 3 aromatic rings. The van der Waals surface area contributed by atoms with Crippen LogP contribution in [0.5, 0.6) is 0 Å². The molecule has 3 fully saturated rings. The van der Waals surface area contributed by atoms with Crippen LogP contribution in [0.1, 0.15) is 86.3 Å². The van der Waals surface area contributed by atoms with E-state index in [0.717, 1.165) is 43.9 Å². The van der Waals surface area contributed by atoms with Gasteiger partial charge in [-0.2, -0.15) is 4.98 Å². The molecular weight excluding hydrogens is 564 g/mol. The van der Waals surface area contributed by atoms with Gasteiger partial charge in [0, 0.05) is 44.8 Å². The topological polar surface area (TPSA) is 156 Å². The summed E-state index contributed by atoms with van der Waals surface area (Å²) in [7, 11) is 3.47. The predicted octanol–water partition coefficient (Wildman–Crippen LogP) is 3.27. The van der Waals surface area contributed by atoms with Gasteiger partial charge in [0.1, 0.15) is 16.9 Å². The number of piperazine rings is 1. The third-order valence-corrected chi connectivity index (χ3v) is 8.58. The number of nitrogens with two attached hydrogens (primary N) is 1. The summed E-state index contributed by atoms with van der Waals surface area (Å²) in [6, 6.07) is 5.01. The smallest absolute Gasteiger partial charge is 0.410 e. The molecule has 2 saturated heterocycles. The van der Waals surface area contributed by atoms with Crippen LogP contribution in [0.15, 0.2) is 24.4 Å². The molecule has 0 radical (unpaired) electrons. The van der Waals surface area contributed by atoms with Gasteiger partial charge >= 0.3 is 6.09 Å². The van der Waals surface area contributed by atoms with E-state index in [1.807, 2.05) is 31.4 Å². The van der Waals surface area contributed by atoms with Crippen LogP contribution < -0.4 is 10.9 Å². The number of carbonyl (C=O) groups is 3. The average molecular weight is 605 g/mol. The van der Waals surface area contributed by atoms with Crippen molar-refractivity contribution < 1.29 is 19.1 Å². The fraction of sp³-hybridized carbons (Fsp3) is 0.567. The quantitative estimate of drug-likeness (QED) is 0.339. The number of carbonyl (C=O) groups excluding carboxylic acids is 3. The van der Waals surface area contributed by atoms with Crippen molar-refractivity contribution in [2.24, 2.45) is 5.84 Å². The third kappa shape index (κ3) is 5.53. The zero-order valence-corrected chi connectivity index (χ0v) is 25.9. The molecular formula is C30H40N10O4. The number of rotatable bonds is 5. The van der Waals surface area contributed by atoms with Gasteiger partial charge < -0.3 is 19.1 Å².